The number of likely N-dealkylation sites (tertiary alicyclic amines) is 1. The Labute approximate surface area is 128 Å². The monoisotopic (exact) mass is 326 g/mol. The second-order valence-corrected chi connectivity index (χ2v) is 7.69. The van der Waals surface area contributed by atoms with Crippen LogP contribution in [-0.2, 0) is 17.1 Å². The highest BCUT2D eigenvalue weighted by Gasteiger charge is 2.27. The van der Waals surface area contributed by atoms with Gasteiger partial charge in [0.25, 0.3) is 10.0 Å². The van der Waals surface area contributed by atoms with Gasteiger partial charge in [0.05, 0.1) is 6.33 Å². The number of aromatic nitrogens is 2. The van der Waals surface area contributed by atoms with Crippen molar-refractivity contribution in [1.82, 2.24) is 19.2 Å². The van der Waals surface area contributed by atoms with Crippen molar-refractivity contribution in [3.8, 4) is 0 Å². The van der Waals surface area contributed by atoms with Crippen molar-refractivity contribution >= 4 is 21.4 Å². The molecule has 0 radical (unpaired) electrons. The summed E-state index contributed by atoms with van der Waals surface area (Å²) in [6.45, 7) is 2.41. The minimum atomic E-state index is -3.55. The first-order chi connectivity index (χ1) is 10.1. The second kappa shape index (κ2) is 5.88. The molecule has 114 valence electrons. The lowest BCUT2D eigenvalue weighted by molar-refractivity contribution is 0.120. The van der Waals surface area contributed by atoms with Crippen molar-refractivity contribution in [2.45, 2.75) is 17.5 Å². The Morgan fingerprint density at radius 3 is 2.81 bits per heavy atom. The standard InChI is InChI=1S/C13H18N4O2S2/c1-16-8-13(14-10-16)21(18,19)15-7-12(17-4-2-5-17)11-3-6-20-9-11/h3,6,8-10,12,15H,2,4-5,7H2,1H3. The van der Waals surface area contributed by atoms with Crippen LogP contribution in [0.2, 0.25) is 0 Å². The highest BCUT2D eigenvalue weighted by atomic mass is 32.2. The van der Waals surface area contributed by atoms with Crippen LogP contribution in [0.25, 0.3) is 0 Å². The van der Waals surface area contributed by atoms with Gasteiger partial charge in [-0.25, -0.2) is 18.1 Å². The van der Waals surface area contributed by atoms with Gasteiger partial charge in [-0.2, -0.15) is 11.3 Å². The average molecular weight is 326 g/mol. The molecule has 0 spiro atoms. The van der Waals surface area contributed by atoms with Crippen LogP contribution in [0.1, 0.15) is 18.0 Å². The molecular formula is C13H18N4O2S2. The van der Waals surface area contributed by atoms with E-state index in [4.69, 9.17) is 0 Å². The fourth-order valence-corrected chi connectivity index (χ4v) is 4.09. The molecule has 1 aliphatic rings. The fraction of sp³-hybridized carbons (Fsp3) is 0.462. The van der Waals surface area contributed by atoms with Crippen LogP contribution in [0.4, 0.5) is 0 Å². The Bertz CT molecular complexity index is 690. The Morgan fingerprint density at radius 2 is 2.29 bits per heavy atom. The molecule has 1 fully saturated rings. The molecular weight excluding hydrogens is 308 g/mol. The third-order valence-corrected chi connectivity index (χ3v) is 5.69. The molecule has 3 rings (SSSR count). The van der Waals surface area contributed by atoms with Crippen molar-refractivity contribution < 1.29 is 8.42 Å². The van der Waals surface area contributed by atoms with Gasteiger partial charge in [0.2, 0.25) is 0 Å². The zero-order valence-corrected chi connectivity index (χ0v) is 13.4. The number of nitrogens with one attached hydrogen (secondary N) is 1. The zero-order valence-electron chi connectivity index (χ0n) is 11.8. The molecule has 1 unspecified atom stereocenters. The van der Waals surface area contributed by atoms with Gasteiger partial charge in [-0.3, -0.25) is 4.90 Å². The minimum Gasteiger partial charge on any atom is -0.339 e. The maximum atomic E-state index is 12.2. The molecule has 1 aliphatic heterocycles. The lowest BCUT2D eigenvalue weighted by Gasteiger charge is -2.38. The Balaban J connectivity index is 1.72. The van der Waals surface area contributed by atoms with Crippen LogP contribution in [0.3, 0.4) is 0 Å². The first kappa shape index (κ1) is 14.7. The number of rotatable bonds is 6. The van der Waals surface area contributed by atoms with E-state index in [1.807, 2.05) is 5.38 Å². The number of thiophene rings is 1. The van der Waals surface area contributed by atoms with E-state index in [-0.39, 0.29) is 11.1 Å². The summed E-state index contributed by atoms with van der Waals surface area (Å²) in [4.78, 5) is 6.20. The van der Waals surface area contributed by atoms with Gasteiger partial charge in [0.1, 0.15) is 0 Å². The molecule has 2 aromatic heterocycles. The fourth-order valence-electron chi connectivity index (χ4n) is 2.36. The summed E-state index contributed by atoms with van der Waals surface area (Å²) in [5, 5.41) is 4.17. The Kier molecular flexibility index (Phi) is 4.12. The van der Waals surface area contributed by atoms with Crippen LogP contribution >= 0.6 is 11.3 Å². The van der Waals surface area contributed by atoms with Crippen LogP contribution in [0, 0.1) is 0 Å². The number of hydrogen-bond donors (Lipinski definition) is 1. The molecule has 0 aromatic carbocycles. The maximum Gasteiger partial charge on any atom is 0.259 e. The Morgan fingerprint density at radius 1 is 1.48 bits per heavy atom. The summed E-state index contributed by atoms with van der Waals surface area (Å²) in [5.74, 6) is 0. The first-order valence-electron chi connectivity index (χ1n) is 6.80. The molecule has 1 saturated heterocycles. The molecule has 2 aromatic rings. The predicted molar refractivity (Wildman–Crippen MR) is 81.6 cm³/mol. The summed E-state index contributed by atoms with van der Waals surface area (Å²) in [7, 11) is -1.80. The van der Waals surface area contributed by atoms with Crippen molar-refractivity contribution in [1.29, 1.82) is 0 Å². The third-order valence-electron chi connectivity index (χ3n) is 3.68. The van der Waals surface area contributed by atoms with E-state index >= 15 is 0 Å². The second-order valence-electron chi connectivity index (χ2n) is 5.19. The summed E-state index contributed by atoms with van der Waals surface area (Å²) in [6.07, 6.45) is 4.17. The zero-order chi connectivity index (χ0) is 14.9. The van der Waals surface area contributed by atoms with E-state index in [1.165, 1.54) is 24.5 Å². The molecule has 0 saturated carbocycles. The van der Waals surface area contributed by atoms with Gasteiger partial charge in [-0.1, -0.05) is 0 Å². The molecule has 21 heavy (non-hydrogen) atoms. The van der Waals surface area contributed by atoms with Crippen LogP contribution in [0.15, 0.2) is 34.4 Å². The van der Waals surface area contributed by atoms with E-state index < -0.39 is 10.0 Å². The highest BCUT2D eigenvalue weighted by Crippen LogP contribution is 2.27. The first-order valence-corrected chi connectivity index (χ1v) is 9.22. The van der Waals surface area contributed by atoms with E-state index in [2.05, 4.69) is 26.1 Å². The Hall–Kier alpha value is -1.22. The molecule has 3 heterocycles. The molecule has 0 aliphatic carbocycles. The minimum absolute atomic E-state index is 0.0673. The largest absolute Gasteiger partial charge is 0.339 e. The normalized spacial score (nSPS) is 17.6. The van der Waals surface area contributed by atoms with Gasteiger partial charge < -0.3 is 4.57 Å². The van der Waals surface area contributed by atoms with Gasteiger partial charge in [-0.15, -0.1) is 0 Å². The lowest BCUT2D eigenvalue weighted by Crippen LogP contribution is -2.45. The SMILES string of the molecule is Cn1cnc(S(=O)(=O)NCC(c2ccsc2)N2CCC2)c1. The predicted octanol–water partition coefficient (Wildman–Crippen LogP) is 1.21. The quantitative estimate of drug-likeness (QED) is 0.866. The van der Waals surface area contributed by atoms with Crippen LogP contribution in [0.5, 0.6) is 0 Å². The summed E-state index contributed by atoms with van der Waals surface area (Å²) in [5.41, 5.74) is 1.17. The lowest BCUT2D eigenvalue weighted by atomic mass is 10.1. The maximum absolute atomic E-state index is 12.2. The van der Waals surface area contributed by atoms with Crippen molar-refractivity contribution in [3.63, 3.8) is 0 Å². The molecule has 0 amide bonds. The van der Waals surface area contributed by atoms with E-state index in [0.29, 0.717) is 6.54 Å². The van der Waals surface area contributed by atoms with E-state index in [0.717, 1.165) is 13.1 Å². The van der Waals surface area contributed by atoms with Crippen LogP contribution < -0.4 is 4.72 Å². The average Bonchev–Trinajstić information content (AvgIpc) is 3.02. The van der Waals surface area contributed by atoms with E-state index in [9.17, 15) is 8.42 Å². The van der Waals surface area contributed by atoms with Crippen LogP contribution in [-0.4, -0.2) is 42.5 Å². The summed E-state index contributed by atoms with van der Waals surface area (Å²) >= 11 is 1.63. The number of aryl methyl sites for hydroxylation is 1. The topological polar surface area (TPSA) is 67.2 Å². The smallest absolute Gasteiger partial charge is 0.259 e. The van der Waals surface area contributed by atoms with Crippen molar-refractivity contribution in [2.24, 2.45) is 7.05 Å². The van der Waals surface area contributed by atoms with Gasteiger partial charge in [0, 0.05) is 38.9 Å². The van der Waals surface area contributed by atoms with Gasteiger partial charge in [-0.05, 0) is 28.8 Å². The van der Waals surface area contributed by atoms with Crippen molar-refractivity contribution in [3.05, 3.63) is 34.9 Å². The van der Waals surface area contributed by atoms with Gasteiger partial charge >= 0.3 is 0 Å². The highest BCUT2D eigenvalue weighted by molar-refractivity contribution is 7.89. The van der Waals surface area contributed by atoms with E-state index in [1.54, 1.807) is 23.0 Å². The molecule has 8 heteroatoms. The number of sulfonamides is 1. The van der Waals surface area contributed by atoms with Gasteiger partial charge in [0.15, 0.2) is 5.03 Å². The third kappa shape index (κ3) is 3.18. The van der Waals surface area contributed by atoms with Crippen molar-refractivity contribution in [2.75, 3.05) is 19.6 Å². The molecule has 0 bridgehead atoms. The molecule has 1 atom stereocenters. The summed E-state index contributed by atoms with van der Waals surface area (Å²) in [6, 6.07) is 2.16. The number of hydrogen-bond acceptors (Lipinski definition) is 5. The molecule has 1 N–H and O–H groups in total. The number of nitrogens with zero attached hydrogens (tertiary/aromatic N) is 3. The summed E-state index contributed by atoms with van der Waals surface area (Å²) < 4.78 is 28.8. The number of imidazole rings is 1. The molecule has 6 nitrogen and oxygen atoms in total.